The Kier molecular flexibility index (Phi) is 5.46. The second-order valence-corrected chi connectivity index (χ2v) is 4.22. The first-order valence-corrected chi connectivity index (χ1v) is 4.74. The Morgan fingerprint density at radius 2 is 2.00 bits per heavy atom. The topological polar surface area (TPSA) is 62.4 Å². The molecule has 0 saturated carbocycles. The van der Waals surface area contributed by atoms with Crippen LogP contribution in [0.4, 0.5) is 0 Å². The Balaban J connectivity index is 3.79. The van der Waals surface area contributed by atoms with Crippen LogP contribution in [-0.4, -0.2) is 19.0 Å². The van der Waals surface area contributed by atoms with Gasteiger partial charge in [0.2, 0.25) is 5.96 Å². The van der Waals surface area contributed by atoms with E-state index in [1.165, 1.54) is 0 Å². The Bertz CT molecular complexity index is 157. The minimum Gasteiger partial charge on any atom is -0.356 e. The molecule has 0 rings (SSSR count). The summed E-state index contributed by atoms with van der Waals surface area (Å²) in [4.78, 5) is 4.29. The van der Waals surface area contributed by atoms with Crippen molar-refractivity contribution in [3.05, 3.63) is 0 Å². The first-order chi connectivity index (χ1) is 5.99. The van der Waals surface area contributed by atoms with Gasteiger partial charge in [-0.15, -0.1) is 0 Å². The fourth-order valence-corrected chi connectivity index (χ4v) is 0.823. The van der Waals surface area contributed by atoms with E-state index >= 15 is 0 Å². The molecule has 0 heterocycles. The molecule has 0 amide bonds. The molecular weight excluding hydrogens is 164 g/mol. The second-order valence-electron chi connectivity index (χ2n) is 4.22. The van der Waals surface area contributed by atoms with Crippen LogP contribution in [0, 0.1) is 5.41 Å². The quantitative estimate of drug-likeness (QED) is 0.265. The molecule has 13 heavy (non-hydrogen) atoms. The molecule has 78 valence electrons. The third-order valence-corrected chi connectivity index (χ3v) is 1.61. The van der Waals surface area contributed by atoms with E-state index in [9.17, 15) is 0 Å². The SMILES string of the molecule is CCNC(=NCCC(C)(C)C)NN. The number of hydrazine groups is 1. The molecule has 0 saturated heterocycles. The van der Waals surface area contributed by atoms with E-state index in [0.717, 1.165) is 19.5 Å². The van der Waals surface area contributed by atoms with Gasteiger partial charge in [-0.1, -0.05) is 20.8 Å². The van der Waals surface area contributed by atoms with Crippen LogP contribution in [-0.2, 0) is 0 Å². The fourth-order valence-electron chi connectivity index (χ4n) is 0.823. The molecule has 0 bridgehead atoms. The van der Waals surface area contributed by atoms with Gasteiger partial charge in [0.25, 0.3) is 0 Å². The van der Waals surface area contributed by atoms with Crippen molar-refractivity contribution >= 4 is 5.96 Å². The smallest absolute Gasteiger partial charge is 0.205 e. The van der Waals surface area contributed by atoms with Crippen molar-refractivity contribution in [1.29, 1.82) is 0 Å². The highest BCUT2D eigenvalue weighted by molar-refractivity contribution is 5.78. The number of nitrogens with zero attached hydrogens (tertiary/aromatic N) is 1. The summed E-state index contributed by atoms with van der Waals surface area (Å²) in [5, 5.41) is 3.03. The lowest BCUT2D eigenvalue weighted by Gasteiger charge is -2.16. The third kappa shape index (κ3) is 7.59. The van der Waals surface area contributed by atoms with Gasteiger partial charge in [-0.25, -0.2) is 5.84 Å². The van der Waals surface area contributed by atoms with Gasteiger partial charge in [0.05, 0.1) is 0 Å². The molecule has 4 nitrogen and oxygen atoms in total. The van der Waals surface area contributed by atoms with Crippen molar-refractivity contribution in [2.24, 2.45) is 16.3 Å². The third-order valence-electron chi connectivity index (χ3n) is 1.61. The molecule has 0 spiro atoms. The van der Waals surface area contributed by atoms with Crippen LogP contribution < -0.4 is 16.6 Å². The first-order valence-electron chi connectivity index (χ1n) is 4.74. The van der Waals surface area contributed by atoms with E-state index in [-0.39, 0.29) is 0 Å². The normalized spacial score (nSPS) is 12.8. The summed E-state index contributed by atoms with van der Waals surface area (Å²) in [6.45, 7) is 10.2. The van der Waals surface area contributed by atoms with Gasteiger partial charge < -0.3 is 5.32 Å². The average Bonchev–Trinajstić information content (AvgIpc) is 2.01. The maximum Gasteiger partial charge on any atom is 0.205 e. The zero-order chi connectivity index (χ0) is 10.3. The highest BCUT2D eigenvalue weighted by Gasteiger charge is 2.08. The van der Waals surface area contributed by atoms with E-state index in [1.54, 1.807) is 0 Å². The molecule has 4 heteroatoms. The maximum absolute atomic E-state index is 5.27. The Labute approximate surface area is 81.0 Å². The molecular formula is C9H22N4. The minimum absolute atomic E-state index is 0.329. The van der Waals surface area contributed by atoms with Crippen molar-refractivity contribution in [1.82, 2.24) is 10.7 Å². The van der Waals surface area contributed by atoms with E-state index in [2.05, 4.69) is 36.5 Å². The summed E-state index contributed by atoms with van der Waals surface area (Å²) in [6, 6.07) is 0. The number of aliphatic imine (C=N–C) groups is 1. The number of guanidine groups is 1. The van der Waals surface area contributed by atoms with Crippen LogP contribution in [0.2, 0.25) is 0 Å². The maximum atomic E-state index is 5.27. The van der Waals surface area contributed by atoms with Crippen molar-refractivity contribution in [2.45, 2.75) is 34.1 Å². The lowest BCUT2D eigenvalue weighted by molar-refractivity contribution is 0.385. The van der Waals surface area contributed by atoms with Crippen molar-refractivity contribution < 1.29 is 0 Å². The number of nitrogens with one attached hydrogen (secondary N) is 2. The van der Waals surface area contributed by atoms with Crippen molar-refractivity contribution in [3.63, 3.8) is 0 Å². The van der Waals surface area contributed by atoms with Crippen LogP contribution in [0.15, 0.2) is 4.99 Å². The monoisotopic (exact) mass is 186 g/mol. The molecule has 0 radical (unpaired) electrons. The first kappa shape index (κ1) is 12.2. The number of nitrogens with two attached hydrogens (primary N) is 1. The predicted molar refractivity (Wildman–Crippen MR) is 57.4 cm³/mol. The zero-order valence-corrected chi connectivity index (χ0v) is 9.15. The average molecular weight is 186 g/mol. The molecule has 4 N–H and O–H groups in total. The van der Waals surface area contributed by atoms with Gasteiger partial charge in [-0.05, 0) is 18.8 Å². The summed E-state index contributed by atoms with van der Waals surface area (Å²) < 4.78 is 0. The lowest BCUT2D eigenvalue weighted by Crippen LogP contribution is -2.41. The van der Waals surface area contributed by atoms with Gasteiger partial charge in [0.15, 0.2) is 0 Å². The summed E-state index contributed by atoms with van der Waals surface area (Å²) in [5.74, 6) is 5.94. The molecule has 0 aromatic rings. The summed E-state index contributed by atoms with van der Waals surface area (Å²) in [6.07, 6.45) is 1.06. The van der Waals surface area contributed by atoms with Gasteiger partial charge in [0, 0.05) is 13.1 Å². The molecule has 0 aliphatic carbocycles. The summed E-state index contributed by atoms with van der Waals surface area (Å²) in [7, 11) is 0. The second kappa shape index (κ2) is 5.80. The largest absolute Gasteiger partial charge is 0.356 e. The standard InChI is InChI=1S/C9H22N4/c1-5-11-8(13-10)12-7-6-9(2,3)4/h5-7,10H2,1-4H3,(H2,11,12,13). The molecule has 0 aliphatic heterocycles. The molecule has 0 unspecified atom stereocenters. The highest BCUT2D eigenvalue weighted by atomic mass is 15.3. The van der Waals surface area contributed by atoms with Gasteiger partial charge in [-0.2, -0.15) is 0 Å². The Hall–Kier alpha value is -0.770. The van der Waals surface area contributed by atoms with Crippen molar-refractivity contribution in [2.75, 3.05) is 13.1 Å². The van der Waals surface area contributed by atoms with Gasteiger partial charge in [-0.3, -0.25) is 10.4 Å². The van der Waals surface area contributed by atoms with Gasteiger partial charge >= 0.3 is 0 Å². The van der Waals surface area contributed by atoms with Gasteiger partial charge in [0.1, 0.15) is 0 Å². The number of hydrogen-bond donors (Lipinski definition) is 3. The molecule has 0 aromatic heterocycles. The molecule has 0 atom stereocenters. The molecule has 0 aromatic carbocycles. The van der Waals surface area contributed by atoms with Crippen LogP contribution in [0.3, 0.4) is 0 Å². The Morgan fingerprint density at radius 1 is 1.38 bits per heavy atom. The van der Waals surface area contributed by atoms with E-state index in [4.69, 9.17) is 5.84 Å². The lowest BCUT2D eigenvalue weighted by atomic mass is 9.93. The summed E-state index contributed by atoms with van der Waals surface area (Å²) in [5.41, 5.74) is 2.86. The van der Waals surface area contributed by atoms with Crippen LogP contribution in [0.25, 0.3) is 0 Å². The predicted octanol–water partition coefficient (Wildman–Crippen LogP) is 0.851. The minimum atomic E-state index is 0.329. The van der Waals surface area contributed by atoms with Crippen molar-refractivity contribution in [3.8, 4) is 0 Å². The number of hydrogen-bond acceptors (Lipinski definition) is 2. The van der Waals surface area contributed by atoms with E-state index < -0.39 is 0 Å². The Morgan fingerprint density at radius 3 is 2.38 bits per heavy atom. The molecule has 0 fully saturated rings. The van der Waals surface area contributed by atoms with Crippen LogP contribution >= 0.6 is 0 Å². The fraction of sp³-hybridized carbons (Fsp3) is 0.889. The summed E-state index contributed by atoms with van der Waals surface area (Å²) >= 11 is 0. The van der Waals surface area contributed by atoms with E-state index in [1.807, 2.05) is 6.92 Å². The van der Waals surface area contributed by atoms with E-state index in [0.29, 0.717) is 11.4 Å². The molecule has 0 aliphatic rings. The van der Waals surface area contributed by atoms with Crippen LogP contribution in [0.5, 0.6) is 0 Å². The highest BCUT2D eigenvalue weighted by Crippen LogP contribution is 2.17. The zero-order valence-electron chi connectivity index (χ0n) is 9.15. The number of rotatable bonds is 3. The van der Waals surface area contributed by atoms with Crippen LogP contribution in [0.1, 0.15) is 34.1 Å².